The first-order valence-corrected chi connectivity index (χ1v) is 6.94. The van der Waals surface area contributed by atoms with Crippen molar-refractivity contribution >= 4 is 11.6 Å². The molecule has 0 radical (unpaired) electrons. The molecule has 1 rings (SSSR count). The van der Waals surface area contributed by atoms with Crippen molar-refractivity contribution in [2.24, 2.45) is 0 Å². The van der Waals surface area contributed by atoms with Crippen LogP contribution in [0.15, 0.2) is 18.2 Å². The van der Waals surface area contributed by atoms with Crippen molar-refractivity contribution in [2.75, 3.05) is 26.0 Å². The normalized spacial score (nSPS) is 10.7. The third kappa shape index (κ3) is 3.63. The highest BCUT2D eigenvalue weighted by molar-refractivity contribution is 5.98. The Kier molecular flexibility index (Phi) is 6.31. The zero-order chi connectivity index (χ0) is 15.1. The molecule has 1 amide bonds. The summed E-state index contributed by atoms with van der Waals surface area (Å²) in [5.41, 5.74) is 6.71. The van der Waals surface area contributed by atoms with E-state index in [9.17, 15) is 9.90 Å². The summed E-state index contributed by atoms with van der Waals surface area (Å²) >= 11 is 0. The average Bonchev–Trinajstić information content (AvgIpc) is 2.46. The van der Waals surface area contributed by atoms with Crippen molar-refractivity contribution < 1.29 is 14.6 Å². The lowest BCUT2D eigenvalue weighted by Gasteiger charge is -2.30. The predicted molar refractivity (Wildman–Crippen MR) is 79.9 cm³/mol. The maximum absolute atomic E-state index is 12.7. The van der Waals surface area contributed by atoms with Gasteiger partial charge in [-0.25, -0.2) is 0 Å². The fourth-order valence-electron chi connectivity index (χ4n) is 2.33. The van der Waals surface area contributed by atoms with E-state index in [1.54, 1.807) is 23.1 Å². The Morgan fingerprint density at radius 1 is 1.40 bits per heavy atom. The summed E-state index contributed by atoms with van der Waals surface area (Å²) in [5.74, 6) is 0.343. The number of ether oxygens (including phenoxy) is 1. The minimum Gasteiger partial charge on any atom is -0.496 e. The number of carbonyl (C=O) groups excluding carboxylic acids is 1. The van der Waals surface area contributed by atoms with E-state index in [1.807, 2.05) is 13.8 Å². The topological polar surface area (TPSA) is 75.8 Å². The number of anilines is 1. The van der Waals surface area contributed by atoms with Gasteiger partial charge >= 0.3 is 0 Å². The molecule has 0 aliphatic carbocycles. The molecule has 0 atom stereocenters. The summed E-state index contributed by atoms with van der Waals surface area (Å²) in [7, 11) is 1.52. The smallest absolute Gasteiger partial charge is 0.258 e. The van der Waals surface area contributed by atoms with Crippen LogP contribution in [0.1, 0.15) is 37.0 Å². The summed E-state index contributed by atoms with van der Waals surface area (Å²) in [6.45, 7) is 4.31. The number of carbonyl (C=O) groups is 1. The van der Waals surface area contributed by atoms with E-state index in [1.165, 1.54) is 7.11 Å². The quantitative estimate of drug-likeness (QED) is 0.748. The van der Waals surface area contributed by atoms with Crippen LogP contribution in [0.25, 0.3) is 0 Å². The van der Waals surface area contributed by atoms with Crippen molar-refractivity contribution in [1.82, 2.24) is 4.90 Å². The number of nitrogen functional groups attached to an aromatic ring is 1. The van der Waals surface area contributed by atoms with Crippen LogP contribution in [-0.4, -0.2) is 42.2 Å². The van der Waals surface area contributed by atoms with Crippen LogP contribution in [0, 0.1) is 0 Å². The average molecular weight is 280 g/mol. The van der Waals surface area contributed by atoms with Crippen LogP contribution < -0.4 is 10.5 Å². The Labute approximate surface area is 120 Å². The second-order valence-electron chi connectivity index (χ2n) is 4.65. The van der Waals surface area contributed by atoms with Crippen LogP contribution in [0.4, 0.5) is 5.69 Å². The van der Waals surface area contributed by atoms with E-state index in [2.05, 4.69) is 0 Å². The van der Waals surface area contributed by atoms with Crippen LogP contribution in [0.5, 0.6) is 5.75 Å². The Morgan fingerprint density at radius 3 is 2.55 bits per heavy atom. The maximum atomic E-state index is 12.7. The molecule has 0 fully saturated rings. The highest BCUT2D eigenvalue weighted by Gasteiger charge is 2.24. The monoisotopic (exact) mass is 280 g/mol. The number of hydrogen-bond donors (Lipinski definition) is 2. The zero-order valence-corrected chi connectivity index (χ0v) is 12.4. The molecule has 20 heavy (non-hydrogen) atoms. The molecule has 0 unspecified atom stereocenters. The predicted octanol–water partition coefficient (Wildman–Crippen LogP) is 1.90. The van der Waals surface area contributed by atoms with E-state index in [-0.39, 0.29) is 18.6 Å². The molecule has 0 aromatic heterocycles. The summed E-state index contributed by atoms with van der Waals surface area (Å²) in [6, 6.07) is 5.10. The Hall–Kier alpha value is -1.75. The fourth-order valence-corrected chi connectivity index (χ4v) is 2.33. The molecule has 5 heteroatoms. The van der Waals surface area contributed by atoms with Crippen molar-refractivity contribution in [3.8, 4) is 5.75 Å². The first-order valence-electron chi connectivity index (χ1n) is 6.94. The molecular weight excluding hydrogens is 256 g/mol. The summed E-state index contributed by atoms with van der Waals surface area (Å²) < 4.78 is 5.23. The number of nitrogens with zero attached hydrogens (tertiary/aromatic N) is 1. The molecule has 0 bridgehead atoms. The van der Waals surface area contributed by atoms with Gasteiger partial charge in [0, 0.05) is 18.3 Å². The van der Waals surface area contributed by atoms with E-state index in [0.29, 0.717) is 23.5 Å². The van der Waals surface area contributed by atoms with Gasteiger partial charge in [0.25, 0.3) is 5.91 Å². The number of amides is 1. The van der Waals surface area contributed by atoms with Crippen LogP contribution in [0.3, 0.4) is 0 Å². The SMILES string of the molecule is CCC(CC)N(CCO)C(=O)c1cc(N)ccc1OC. The Balaban J connectivity index is 3.14. The molecule has 112 valence electrons. The molecule has 0 aliphatic rings. The molecule has 0 aliphatic heterocycles. The molecular formula is C15H24N2O3. The molecule has 5 nitrogen and oxygen atoms in total. The number of nitrogens with two attached hydrogens (primary N) is 1. The number of aliphatic hydroxyl groups is 1. The van der Waals surface area contributed by atoms with Gasteiger partial charge in [-0.1, -0.05) is 13.8 Å². The standard InChI is InChI=1S/C15H24N2O3/c1-4-12(5-2)17(8-9-18)15(19)13-10-11(16)6-7-14(13)20-3/h6-7,10,12,18H,4-5,8-9,16H2,1-3H3. The molecule has 0 heterocycles. The van der Waals surface area contributed by atoms with E-state index < -0.39 is 0 Å². The van der Waals surface area contributed by atoms with Gasteiger partial charge in [-0.15, -0.1) is 0 Å². The molecule has 0 saturated heterocycles. The van der Waals surface area contributed by atoms with Crippen LogP contribution in [-0.2, 0) is 0 Å². The Bertz CT molecular complexity index is 445. The molecule has 1 aromatic carbocycles. The van der Waals surface area contributed by atoms with Gasteiger partial charge in [0.15, 0.2) is 0 Å². The van der Waals surface area contributed by atoms with Crippen molar-refractivity contribution in [3.05, 3.63) is 23.8 Å². The second kappa shape index (κ2) is 7.75. The van der Waals surface area contributed by atoms with Crippen LogP contribution >= 0.6 is 0 Å². The number of rotatable bonds is 7. The van der Waals surface area contributed by atoms with Gasteiger partial charge in [-0.3, -0.25) is 4.79 Å². The van der Waals surface area contributed by atoms with Gasteiger partial charge < -0.3 is 20.5 Å². The Morgan fingerprint density at radius 2 is 2.05 bits per heavy atom. The fraction of sp³-hybridized carbons (Fsp3) is 0.533. The third-order valence-electron chi connectivity index (χ3n) is 3.44. The largest absolute Gasteiger partial charge is 0.496 e. The summed E-state index contributed by atoms with van der Waals surface area (Å²) in [4.78, 5) is 14.4. The lowest BCUT2D eigenvalue weighted by Crippen LogP contribution is -2.41. The lowest BCUT2D eigenvalue weighted by molar-refractivity contribution is 0.0619. The highest BCUT2D eigenvalue weighted by atomic mass is 16.5. The number of methoxy groups -OCH3 is 1. The minimum atomic E-state index is -0.156. The van der Waals surface area contributed by atoms with Gasteiger partial charge in [-0.2, -0.15) is 0 Å². The lowest BCUT2D eigenvalue weighted by atomic mass is 10.1. The zero-order valence-electron chi connectivity index (χ0n) is 12.4. The van der Waals surface area contributed by atoms with Gasteiger partial charge in [0.2, 0.25) is 0 Å². The van der Waals surface area contributed by atoms with Crippen molar-refractivity contribution in [1.29, 1.82) is 0 Å². The first kappa shape index (κ1) is 16.3. The molecule has 1 aromatic rings. The summed E-state index contributed by atoms with van der Waals surface area (Å²) in [6.07, 6.45) is 1.68. The van der Waals surface area contributed by atoms with Crippen molar-refractivity contribution in [3.63, 3.8) is 0 Å². The van der Waals surface area contributed by atoms with Gasteiger partial charge in [0.05, 0.1) is 19.3 Å². The second-order valence-corrected chi connectivity index (χ2v) is 4.65. The molecule has 0 saturated carbocycles. The molecule has 0 spiro atoms. The number of hydrogen-bond acceptors (Lipinski definition) is 4. The van der Waals surface area contributed by atoms with E-state index in [0.717, 1.165) is 12.8 Å². The van der Waals surface area contributed by atoms with E-state index in [4.69, 9.17) is 10.5 Å². The maximum Gasteiger partial charge on any atom is 0.258 e. The molecule has 3 N–H and O–H groups in total. The first-order chi connectivity index (χ1) is 9.58. The van der Waals surface area contributed by atoms with E-state index >= 15 is 0 Å². The minimum absolute atomic E-state index is 0.0626. The highest BCUT2D eigenvalue weighted by Crippen LogP contribution is 2.24. The van der Waals surface area contributed by atoms with Gasteiger partial charge in [-0.05, 0) is 31.0 Å². The number of benzene rings is 1. The summed E-state index contributed by atoms with van der Waals surface area (Å²) in [5, 5.41) is 9.20. The third-order valence-corrected chi connectivity index (χ3v) is 3.44. The van der Waals surface area contributed by atoms with Gasteiger partial charge in [0.1, 0.15) is 5.75 Å². The van der Waals surface area contributed by atoms with Crippen molar-refractivity contribution in [2.45, 2.75) is 32.7 Å². The van der Waals surface area contributed by atoms with Crippen LogP contribution in [0.2, 0.25) is 0 Å². The number of aliphatic hydroxyl groups excluding tert-OH is 1.